The minimum absolute atomic E-state index is 0.0420. The lowest BCUT2D eigenvalue weighted by atomic mass is 10.5. The van der Waals surface area contributed by atoms with E-state index in [0.29, 0.717) is 12.3 Å². The van der Waals surface area contributed by atoms with Crippen LogP contribution in [-0.4, -0.2) is 47.7 Å². The Hall–Kier alpha value is -0.570. The largest absolute Gasteiger partial charge is 0.396 e. The molecule has 98 valence electrons. The quantitative estimate of drug-likeness (QED) is 0.645. The molecule has 0 saturated heterocycles. The summed E-state index contributed by atoms with van der Waals surface area (Å²) in [7, 11) is -1.76. The molecule has 0 spiro atoms. The summed E-state index contributed by atoms with van der Waals surface area (Å²) < 4.78 is 27.5. The number of aromatic nitrogens is 2. The van der Waals surface area contributed by atoms with Gasteiger partial charge >= 0.3 is 0 Å². The van der Waals surface area contributed by atoms with Gasteiger partial charge in [0, 0.05) is 32.1 Å². The molecular formula is C9H17N3O3S2. The van der Waals surface area contributed by atoms with E-state index in [1.807, 2.05) is 0 Å². The number of aliphatic hydroxyl groups is 1. The Morgan fingerprint density at radius 3 is 2.88 bits per heavy atom. The van der Waals surface area contributed by atoms with Gasteiger partial charge in [0.1, 0.15) is 0 Å². The fraction of sp³-hybridized carbons (Fsp3) is 0.667. The van der Waals surface area contributed by atoms with Crippen molar-refractivity contribution in [2.24, 2.45) is 7.05 Å². The Morgan fingerprint density at radius 1 is 1.53 bits per heavy atom. The second-order valence-corrected chi connectivity index (χ2v) is 6.40. The zero-order chi connectivity index (χ0) is 12.7. The van der Waals surface area contributed by atoms with Gasteiger partial charge in [0.2, 0.25) is 0 Å². The molecule has 0 atom stereocenters. The molecule has 1 aromatic heterocycles. The van der Waals surface area contributed by atoms with Crippen LogP contribution in [0.1, 0.15) is 6.42 Å². The molecule has 0 aromatic carbocycles. The first-order valence-electron chi connectivity index (χ1n) is 5.22. The highest BCUT2D eigenvalue weighted by atomic mass is 32.2. The molecule has 0 fully saturated rings. The maximum absolute atomic E-state index is 11.7. The molecular weight excluding hydrogens is 262 g/mol. The normalized spacial score (nSPS) is 11.9. The molecule has 1 rings (SSSR count). The van der Waals surface area contributed by atoms with E-state index in [1.165, 1.54) is 12.5 Å². The Morgan fingerprint density at radius 2 is 2.29 bits per heavy atom. The third-order valence-electron chi connectivity index (χ3n) is 1.94. The zero-order valence-electron chi connectivity index (χ0n) is 9.66. The fourth-order valence-corrected chi connectivity index (χ4v) is 3.04. The van der Waals surface area contributed by atoms with Crippen LogP contribution in [0.2, 0.25) is 0 Å². The molecule has 1 aromatic rings. The lowest BCUT2D eigenvalue weighted by molar-refractivity contribution is 0.296. The van der Waals surface area contributed by atoms with Gasteiger partial charge in [-0.15, -0.1) is 0 Å². The van der Waals surface area contributed by atoms with Crippen LogP contribution in [0.5, 0.6) is 0 Å². The van der Waals surface area contributed by atoms with E-state index in [1.54, 1.807) is 23.4 Å². The van der Waals surface area contributed by atoms with Crippen molar-refractivity contribution >= 4 is 21.8 Å². The van der Waals surface area contributed by atoms with Gasteiger partial charge in [-0.05, 0) is 12.2 Å². The Balaban J connectivity index is 2.31. The van der Waals surface area contributed by atoms with Crippen molar-refractivity contribution in [2.75, 3.05) is 24.7 Å². The first-order valence-corrected chi connectivity index (χ1v) is 7.86. The van der Waals surface area contributed by atoms with Crippen molar-refractivity contribution in [1.29, 1.82) is 0 Å². The molecule has 0 aliphatic rings. The Labute approximate surface area is 105 Å². The van der Waals surface area contributed by atoms with Gasteiger partial charge in [-0.1, -0.05) is 0 Å². The fourth-order valence-electron chi connectivity index (χ4n) is 1.12. The second-order valence-electron chi connectivity index (χ2n) is 3.46. The summed E-state index contributed by atoms with van der Waals surface area (Å²) in [6, 6.07) is 0. The number of nitrogens with one attached hydrogen (secondary N) is 1. The maximum atomic E-state index is 11.7. The van der Waals surface area contributed by atoms with Gasteiger partial charge in [0.25, 0.3) is 10.0 Å². The maximum Gasteiger partial charge on any atom is 0.259 e. The average molecular weight is 279 g/mol. The van der Waals surface area contributed by atoms with Crippen LogP contribution < -0.4 is 4.72 Å². The standard InChI is InChI=1S/C9H17N3O3S2/c1-12-7-9(10-8-12)17(14,15)11-3-6-16-5-2-4-13/h7-8,11,13H,2-6H2,1H3. The summed E-state index contributed by atoms with van der Waals surface area (Å²) in [5.74, 6) is 1.52. The minimum Gasteiger partial charge on any atom is -0.396 e. The highest BCUT2D eigenvalue weighted by molar-refractivity contribution is 7.99. The predicted molar refractivity (Wildman–Crippen MR) is 67.4 cm³/mol. The van der Waals surface area contributed by atoms with E-state index in [4.69, 9.17) is 5.11 Å². The summed E-state index contributed by atoms with van der Waals surface area (Å²) in [6.45, 7) is 0.543. The van der Waals surface area contributed by atoms with E-state index in [9.17, 15) is 8.42 Å². The van der Waals surface area contributed by atoms with Gasteiger partial charge in [-0.25, -0.2) is 18.1 Å². The number of sulfonamides is 1. The van der Waals surface area contributed by atoms with Crippen LogP contribution >= 0.6 is 11.8 Å². The third-order valence-corrected chi connectivity index (χ3v) is 4.36. The van der Waals surface area contributed by atoms with E-state index >= 15 is 0 Å². The smallest absolute Gasteiger partial charge is 0.259 e. The third kappa shape index (κ3) is 5.07. The lowest BCUT2D eigenvalue weighted by Gasteiger charge is -2.03. The summed E-state index contributed by atoms with van der Waals surface area (Å²) in [5, 5.41) is 8.61. The van der Waals surface area contributed by atoms with Crippen LogP contribution in [0.15, 0.2) is 17.6 Å². The molecule has 0 radical (unpaired) electrons. The molecule has 6 nitrogen and oxygen atoms in total. The first-order chi connectivity index (χ1) is 8.06. The summed E-state index contributed by atoms with van der Waals surface area (Å²) >= 11 is 1.61. The highest BCUT2D eigenvalue weighted by Crippen LogP contribution is 2.05. The molecule has 0 bridgehead atoms. The minimum atomic E-state index is -3.48. The summed E-state index contributed by atoms with van der Waals surface area (Å²) in [6.07, 6.45) is 3.64. The predicted octanol–water partition coefficient (Wildman–Crippen LogP) is -0.186. The second kappa shape index (κ2) is 7.00. The van der Waals surface area contributed by atoms with Crippen LogP contribution in [-0.2, 0) is 17.1 Å². The van der Waals surface area contributed by atoms with E-state index in [2.05, 4.69) is 9.71 Å². The Kier molecular flexibility index (Phi) is 5.96. The van der Waals surface area contributed by atoms with Gasteiger partial charge in [-0.2, -0.15) is 11.8 Å². The van der Waals surface area contributed by atoms with Crippen LogP contribution in [0.3, 0.4) is 0 Å². The molecule has 8 heteroatoms. The van der Waals surface area contributed by atoms with E-state index < -0.39 is 10.0 Å². The number of aryl methyl sites for hydroxylation is 1. The van der Waals surface area contributed by atoms with Gasteiger partial charge in [-0.3, -0.25) is 0 Å². The van der Waals surface area contributed by atoms with Crippen molar-refractivity contribution in [3.8, 4) is 0 Å². The monoisotopic (exact) mass is 279 g/mol. The summed E-state index contributed by atoms with van der Waals surface area (Å²) in [4.78, 5) is 3.79. The van der Waals surface area contributed by atoms with Crippen molar-refractivity contribution in [3.05, 3.63) is 12.5 Å². The van der Waals surface area contributed by atoms with E-state index in [0.717, 1.165) is 12.2 Å². The Bertz CT molecular complexity index is 430. The first kappa shape index (κ1) is 14.5. The zero-order valence-corrected chi connectivity index (χ0v) is 11.3. The summed E-state index contributed by atoms with van der Waals surface area (Å²) in [5.41, 5.74) is 0. The number of rotatable bonds is 8. The number of nitrogens with zero attached hydrogens (tertiary/aromatic N) is 2. The highest BCUT2D eigenvalue weighted by Gasteiger charge is 2.15. The molecule has 0 saturated carbocycles. The number of hydrogen-bond donors (Lipinski definition) is 2. The van der Waals surface area contributed by atoms with Crippen molar-refractivity contribution in [3.63, 3.8) is 0 Å². The molecule has 1 heterocycles. The van der Waals surface area contributed by atoms with Crippen molar-refractivity contribution in [2.45, 2.75) is 11.4 Å². The van der Waals surface area contributed by atoms with Crippen molar-refractivity contribution < 1.29 is 13.5 Å². The molecule has 0 amide bonds. The van der Waals surface area contributed by atoms with Gasteiger partial charge in [0.05, 0.1) is 6.33 Å². The van der Waals surface area contributed by atoms with Crippen LogP contribution in [0.25, 0.3) is 0 Å². The van der Waals surface area contributed by atoms with Crippen LogP contribution in [0.4, 0.5) is 0 Å². The van der Waals surface area contributed by atoms with E-state index in [-0.39, 0.29) is 11.6 Å². The van der Waals surface area contributed by atoms with Gasteiger partial charge < -0.3 is 9.67 Å². The lowest BCUT2D eigenvalue weighted by Crippen LogP contribution is -2.26. The number of imidazole rings is 1. The SMILES string of the molecule is Cn1cnc(S(=O)(=O)NCCSCCCO)c1. The number of aliphatic hydroxyl groups excluding tert-OH is 1. The van der Waals surface area contributed by atoms with Crippen molar-refractivity contribution in [1.82, 2.24) is 14.3 Å². The molecule has 17 heavy (non-hydrogen) atoms. The molecule has 0 aliphatic heterocycles. The van der Waals surface area contributed by atoms with Crippen LogP contribution in [0, 0.1) is 0 Å². The molecule has 2 N–H and O–H groups in total. The number of hydrogen-bond acceptors (Lipinski definition) is 5. The number of thioether (sulfide) groups is 1. The molecule has 0 unspecified atom stereocenters. The average Bonchev–Trinajstić information content (AvgIpc) is 2.71. The van der Waals surface area contributed by atoms with Gasteiger partial charge in [0.15, 0.2) is 5.03 Å². The topological polar surface area (TPSA) is 84.2 Å². The molecule has 0 aliphatic carbocycles.